The average Bonchev–Trinajstić information content (AvgIpc) is 2.99. The lowest BCUT2D eigenvalue weighted by molar-refractivity contribution is -0.124. The van der Waals surface area contributed by atoms with Crippen molar-refractivity contribution in [1.29, 1.82) is 0 Å². The van der Waals surface area contributed by atoms with E-state index in [0.29, 0.717) is 11.8 Å². The molecule has 1 saturated carbocycles. The molecule has 2 aliphatic rings. The van der Waals surface area contributed by atoms with Crippen molar-refractivity contribution >= 4 is 16.7 Å². The molecule has 0 bridgehead atoms. The summed E-state index contributed by atoms with van der Waals surface area (Å²) in [5, 5.41) is 8.92. The number of amides is 1. The van der Waals surface area contributed by atoms with E-state index < -0.39 is 5.54 Å². The summed E-state index contributed by atoms with van der Waals surface area (Å²) >= 11 is 0. The van der Waals surface area contributed by atoms with Crippen molar-refractivity contribution in [3.05, 3.63) is 41.2 Å². The second-order valence-corrected chi connectivity index (χ2v) is 7.96. The second-order valence-electron chi connectivity index (χ2n) is 7.96. The second kappa shape index (κ2) is 5.28. The molecule has 1 saturated heterocycles. The molecule has 2 aromatic rings. The largest absolute Gasteiger partial charge is 0.345 e. The Kier molecular flexibility index (Phi) is 3.43. The molecule has 1 aromatic carbocycles. The highest BCUT2D eigenvalue weighted by Crippen LogP contribution is 2.49. The molecule has 2 N–H and O–H groups in total. The number of piperidine rings is 1. The molecule has 126 valence electrons. The molecule has 1 unspecified atom stereocenters. The van der Waals surface area contributed by atoms with E-state index in [1.54, 1.807) is 0 Å². The Morgan fingerprint density at radius 2 is 1.92 bits per heavy atom. The van der Waals surface area contributed by atoms with Gasteiger partial charge < -0.3 is 10.6 Å². The van der Waals surface area contributed by atoms with Gasteiger partial charge >= 0.3 is 0 Å². The number of aromatic nitrogens is 1. The van der Waals surface area contributed by atoms with Crippen LogP contribution in [-0.4, -0.2) is 24.0 Å². The Morgan fingerprint density at radius 1 is 1.21 bits per heavy atom. The Balaban J connectivity index is 1.66. The maximum absolute atomic E-state index is 12.7. The van der Waals surface area contributed by atoms with Crippen molar-refractivity contribution in [2.75, 3.05) is 13.1 Å². The van der Waals surface area contributed by atoms with Gasteiger partial charge in [-0.2, -0.15) is 0 Å². The number of nitrogens with zero attached hydrogens (tertiary/aromatic N) is 1. The number of rotatable bonds is 3. The summed E-state index contributed by atoms with van der Waals surface area (Å²) in [5.74, 6) is 1.43. The molecule has 0 spiro atoms. The van der Waals surface area contributed by atoms with Crippen molar-refractivity contribution in [3.63, 3.8) is 0 Å². The van der Waals surface area contributed by atoms with Crippen molar-refractivity contribution in [1.82, 2.24) is 15.6 Å². The normalized spacial score (nSPS) is 25.6. The van der Waals surface area contributed by atoms with Gasteiger partial charge in [-0.3, -0.25) is 9.78 Å². The van der Waals surface area contributed by atoms with Gasteiger partial charge in [0.25, 0.3) is 0 Å². The van der Waals surface area contributed by atoms with E-state index in [1.165, 1.54) is 10.9 Å². The minimum Gasteiger partial charge on any atom is -0.345 e. The first-order chi connectivity index (χ1) is 11.4. The van der Waals surface area contributed by atoms with Crippen LogP contribution in [0.5, 0.6) is 0 Å². The van der Waals surface area contributed by atoms with E-state index >= 15 is 0 Å². The monoisotopic (exact) mass is 323 g/mol. The number of hydrogen-bond acceptors (Lipinski definition) is 3. The zero-order valence-electron chi connectivity index (χ0n) is 14.8. The highest BCUT2D eigenvalue weighted by molar-refractivity contribution is 5.88. The number of fused-ring (bicyclic) bond motifs is 2. The Bertz CT molecular complexity index is 812. The lowest BCUT2D eigenvalue weighted by Crippen LogP contribution is -2.43. The fraction of sp³-hybridized carbons (Fsp3) is 0.500. The molecule has 2 fully saturated rings. The van der Waals surface area contributed by atoms with E-state index in [-0.39, 0.29) is 11.8 Å². The van der Waals surface area contributed by atoms with Crippen molar-refractivity contribution in [2.45, 2.75) is 33.2 Å². The first-order valence-corrected chi connectivity index (χ1v) is 8.78. The van der Waals surface area contributed by atoms with Crippen LogP contribution in [0, 0.1) is 31.6 Å². The molecule has 4 rings (SSSR count). The van der Waals surface area contributed by atoms with Crippen LogP contribution in [0.1, 0.15) is 30.8 Å². The zero-order chi connectivity index (χ0) is 17.1. The summed E-state index contributed by atoms with van der Waals surface area (Å²) in [6.45, 7) is 10.2. The van der Waals surface area contributed by atoms with Gasteiger partial charge in [-0.1, -0.05) is 23.8 Å². The molecular weight excluding hydrogens is 298 g/mol. The van der Waals surface area contributed by atoms with Gasteiger partial charge in [0.15, 0.2) is 0 Å². The minimum absolute atomic E-state index is 0.181. The van der Waals surface area contributed by atoms with Gasteiger partial charge in [-0.15, -0.1) is 0 Å². The van der Waals surface area contributed by atoms with Crippen LogP contribution in [0.15, 0.2) is 24.3 Å². The SMILES string of the molecule is Cc1ccc2c(C(C)(C)NC(=O)C3[C@H]4CNC[C@@H]34)nc(C)cc2c1. The number of carbonyl (C=O) groups excluding carboxylic acids is 1. The zero-order valence-corrected chi connectivity index (χ0v) is 14.8. The summed E-state index contributed by atoms with van der Waals surface area (Å²) in [5.41, 5.74) is 2.69. The molecule has 3 atom stereocenters. The van der Waals surface area contributed by atoms with Gasteiger partial charge in [0.2, 0.25) is 5.91 Å². The maximum atomic E-state index is 12.7. The Labute approximate surface area is 143 Å². The van der Waals surface area contributed by atoms with Crippen molar-refractivity contribution in [2.24, 2.45) is 17.8 Å². The van der Waals surface area contributed by atoms with Crippen LogP contribution in [-0.2, 0) is 10.3 Å². The first-order valence-electron chi connectivity index (χ1n) is 8.78. The molecule has 1 aliphatic carbocycles. The summed E-state index contributed by atoms with van der Waals surface area (Å²) in [6, 6.07) is 8.52. The third kappa shape index (κ3) is 2.49. The topological polar surface area (TPSA) is 54.0 Å². The quantitative estimate of drug-likeness (QED) is 0.913. The number of benzene rings is 1. The highest BCUT2D eigenvalue weighted by Gasteiger charge is 2.57. The number of aryl methyl sites for hydroxylation is 2. The van der Waals surface area contributed by atoms with Gasteiger partial charge in [0.1, 0.15) is 0 Å². The van der Waals surface area contributed by atoms with Crippen molar-refractivity contribution in [3.8, 4) is 0 Å². The van der Waals surface area contributed by atoms with Crippen LogP contribution in [0.25, 0.3) is 10.8 Å². The molecular formula is C20H25N3O. The van der Waals surface area contributed by atoms with Crippen LogP contribution in [0.2, 0.25) is 0 Å². The standard InChI is InChI=1S/C20H25N3O/c1-11-5-6-14-13(7-11)8-12(2)22-18(14)20(3,4)23-19(24)17-15-9-21-10-16(15)17/h5-8,15-17,21H,9-10H2,1-4H3,(H,23,24)/t15-,16+,17?. The fourth-order valence-corrected chi connectivity index (χ4v) is 4.25. The summed E-state index contributed by atoms with van der Waals surface area (Å²) in [6.07, 6.45) is 0. The third-order valence-corrected chi connectivity index (χ3v) is 5.54. The molecule has 1 aromatic heterocycles. The Hall–Kier alpha value is -1.94. The van der Waals surface area contributed by atoms with E-state index in [2.05, 4.69) is 55.7 Å². The van der Waals surface area contributed by atoms with E-state index in [0.717, 1.165) is 29.9 Å². The summed E-state index contributed by atoms with van der Waals surface area (Å²) < 4.78 is 0. The molecule has 24 heavy (non-hydrogen) atoms. The Morgan fingerprint density at radius 3 is 2.62 bits per heavy atom. The molecule has 4 heteroatoms. The number of pyridine rings is 1. The van der Waals surface area contributed by atoms with Gasteiger partial charge in [-0.05, 0) is 64.1 Å². The third-order valence-electron chi connectivity index (χ3n) is 5.54. The van der Waals surface area contributed by atoms with Gasteiger partial charge in [-0.25, -0.2) is 0 Å². The van der Waals surface area contributed by atoms with Gasteiger partial charge in [0.05, 0.1) is 11.2 Å². The lowest BCUT2D eigenvalue weighted by atomic mass is 9.93. The predicted molar refractivity (Wildman–Crippen MR) is 95.7 cm³/mol. The fourth-order valence-electron chi connectivity index (χ4n) is 4.25. The smallest absolute Gasteiger partial charge is 0.224 e. The predicted octanol–water partition coefficient (Wildman–Crippen LogP) is 2.67. The van der Waals surface area contributed by atoms with E-state index in [9.17, 15) is 4.79 Å². The minimum atomic E-state index is -0.485. The van der Waals surface area contributed by atoms with E-state index in [1.807, 2.05) is 6.92 Å². The number of carbonyl (C=O) groups is 1. The first kappa shape index (κ1) is 15.6. The molecule has 1 aliphatic heterocycles. The van der Waals surface area contributed by atoms with E-state index in [4.69, 9.17) is 4.98 Å². The number of hydrogen-bond donors (Lipinski definition) is 2. The molecule has 1 amide bonds. The lowest BCUT2D eigenvalue weighted by Gasteiger charge is -2.28. The number of nitrogens with one attached hydrogen (secondary N) is 2. The van der Waals surface area contributed by atoms with Gasteiger partial charge in [0, 0.05) is 17.0 Å². The molecule has 0 radical (unpaired) electrons. The molecule has 4 nitrogen and oxygen atoms in total. The average molecular weight is 323 g/mol. The maximum Gasteiger partial charge on any atom is 0.224 e. The van der Waals surface area contributed by atoms with Crippen molar-refractivity contribution < 1.29 is 4.79 Å². The van der Waals surface area contributed by atoms with Crippen LogP contribution in [0.4, 0.5) is 0 Å². The summed E-state index contributed by atoms with van der Waals surface area (Å²) in [4.78, 5) is 17.5. The summed E-state index contributed by atoms with van der Waals surface area (Å²) in [7, 11) is 0. The van der Waals surface area contributed by atoms with Crippen LogP contribution < -0.4 is 10.6 Å². The van der Waals surface area contributed by atoms with Crippen LogP contribution in [0.3, 0.4) is 0 Å². The molecule has 2 heterocycles. The highest BCUT2D eigenvalue weighted by atomic mass is 16.2. The van der Waals surface area contributed by atoms with Crippen LogP contribution >= 0.6 is 0 Å².